The van der Waals surface area contributed by atoms with Gasteiger partial charge in [0, 0.05) is 44.4 Å². The summed E-state index contributed by atoms with van der Waals surface area (Å²) >= 11 is 0. The van der Waals surface area contributed by atoms with Crippen molar-refractivity contribution in [2.45, 2.75) is 18.9 Å². The van der Waals surface area contributed by atoms with Crippen molar-refractivity contribution in [3.05, 3.63) is 23.8 Å². The lowest BCUT2D eigenvalue weighted by Gasteiger charge is -2.30. The fourth-order valence-corrected chi connectivity index (χ4v) is 3.05. The maximum atomic E-state index is 12.5. The Morgan fingerprint density at radius 3 is 2.72 bits per heavy atom. The lowest BCUT2D eigenvalue weighted by molar-refractivity contribution is -0.134. The van der Waals surface area contributed by atoms with Crippen LogP contribution in [-0.4, -0.2) is 57.1 Å². The number of nitrogens with zero attached hydrogens (tertiary/aromatic N) is 1. The number of imide groups is 1. The molecular formula is C17H22N4O4. The van der Waals surface area contributed by atoms with Crippen LogP contribution in [0, 0.1) is 0 Å². The van der Waals surface area contributed by atoms with E-state index in [1.54, 1.807) is 6.07 Å². The Hall–Kier alpha value is -2.61. The Balaban J connectivity index is 1.73. The molecule has 3 N–H and O–H groups in total. The maximum Gasteiger partial charge on any atom is 0.255 e. The number of rotatable bonds is 4. The second kappa shape index (κ2) is 7.52. The molecule has 3 rings (SSSR count). The Labute approximate surface area is 145 Å². The van der Waals surface area contributed by atoms with Crippen molar-refractivity contribution in [2.75, 3.05) is 38.2 Å². The van der Waals surface area contributed by atoms with E-state index in [9.17, 15) is 14.4 Å². The predicted molar refractivity (Wildman–Crippen MR) is 91.7 cm³/mol. The number of hydrogen-bond acceptors (Lipinski definition) is 6. The van der Waals surface area contributed by atoms with Crippen molar-refractivity contribution in [3.8, 4) is 5.75 Å². The molecule has 2 fully saturated rings. The van der Waals surface area contributed by atoms with Gasteiger partial charge in [-0.15, -0.1) is 0 Å². The third kappa shape index (κ3) is 3.90. The number of methoxy groups -OCH3 is 1. The van der Waals surface area contributed by atoms with E-state index in [1.165, 1.54) is 7.11 Å². The van der Waals surface area contributed by atoms with Crippen LogP contribution in [0.3, 0.4) is 0 Å². The molecule has 1 aromatic carbocycles. The van der Waals surface area contributed by atoms with Crippen molar-refractivity contribution >= 4 is 23.4 Å². The molecule has 0 spiro atoms. The average molecular weight is 346 g/mol. The molecular weight excluding hydrogens is 324 g/mol. The van der Waals surface area contributed by atoms with E-state index in [0.29, 0.717) is 17.7 Å². The van der Waals surface area contributed by atoms with Crippen LogP contribution < -0.4 is 25.6 Å². The average Bonchev–Trinajstić information content (AvgIpc) is 2.64. The summed E-state index contributed by atoms with van der Waals surface area (Å²) in [4.78, 5) is 37.7. The molecule has 1 atom stereocenters. The zero-order valence-corrected chi connectivity index (χ0v) is 14.1. The maximum absolute atomic E-state index is 12.5. The van der Waals surface area contributed by atoms with E-state index < -0.39 is 17.9 Å². The second-order valence-electron chi connectivity index (χ2n) is 6.10. The number of amides is 3. The molecule has 8 heteroatoms. The van der Waals surface area contributed by atoms with E-state index in [1.807, 2.05) is 12.1 Å². The van der Waals surface area contributed by atoms with Gasteiger partial charge in [-0.25, -0.2) is 0 Å². The quantitative estimate of drug-likeness (QED) is 0.644. The van der Waals surface area contributed by atoms with E-state index in [2.05, 4.69) is 20.9 Å². The second-order valence-corrected chi connectivity index (χ2v) is 6.10. The summed E-state index contributed by atoms with van der Waals surface area (Å²) in [5.41, 5.74) is 1.36. The number of benzene rings is 1. The monoisotopic (exact) mass is 346 g/mol. The molecule has 1 unspecified atom stereocenters. The molecule has 0 aromatic heterocycles. The van der Waals surface area contributed by atoms with Gasteiger partial charge in [-0.05, 0) is 18.6 Å². The lowest BCUT2D eigenvalue weighted by atomic mass is 10.0. The number of carbonyl (C=O) groups excluding carboxylic acids is 3. The molecule has 2 aliphatic heterocycles. The highest BCUT2D eigenvalue weighted by Crippen LogP contribution is 2.26. The van der Waals surface area contributed by atoms with E-state index >= 15 is 0 Å². The van der Waals surface area contributed by atoms with Gasteiger partial charge in [0.25, 0.3) is 5.91 Å². The zero-order valence-electron chi connectivity index (χ0n) is 14.1. The van der Waals surface area contributed by atoms with Crippen LogP contribution in [0.2, 0.25) is 0 Å². The molecule has 2 saturated heterocycles. The molecule has 134 valence electrons. The fourth-order valence-electron chi connectivity index (χ4n) is 3.05. The highest BCUT2D eigenvalue weighted by Gasteiger charge is 2.29. The first kappa shape index (κ1) is 17.2. The first-order chi connectivity index (χ1) is 12.1. The van der Waals surface area contributed by atoms with Crippen molar-refractivity contribution in [1.82, 2.24) is 16.0 Å². The number of nitrogens with one attached hydrogen (secondary N) is 3. The molecule has 25 heavy (non-hydrogen) atoms. The standard InChI is InChI=1S/C17H22N4O4/c1-25-14-10-11(21-8-6-18-7-9-21)2-3-12(14)16(23)19-13-4-5-15(22)20-17(13)24/h2-3,10,13,18H,4-9H2,1H3,(H,19,23)(H,20,22,24). The first-order valence-electron chi connectivity index (χ1n) is 8.37. The highest BCUT2D eigenvalue weighted by atomic mass is 16.5. The van der Waals surface area contributed by atoms with Gasteiger partial charge in [0.15, 0.2) is 0 Å². The van der Waals surface area contributed by atoms with Crippen molar-refractivity contribution < 1.29 is 19.1 Å². The molecule has 0 aliphatic carbocycles. The molecule has 1 aromatic rings. The molecule has 8 nitrogen and oxygen atoms in total. The summed E-state index contributed by atoms with van der Waals surface area (Å²) in [6.45, 7) is 3.62. The predicted octanol–water partition coefficient (Wildman–Crippen LogP) is -0.360. The Bertz CT molecular complexity index is 685. The smallest absolute Gasteiger partial charge is 0.255 e. The van der Waals surface area contributed by atoms with Gasteiger partial charge >= 0.3 is 0 Å². The third-order valence-corrected chi connectivity index (χ3v) is 4.46. The molecule has 0 bridgehead atoms. The molecule has 0 saturated carbocycles. The summed E-state index contributed by atoms with van der Waals surface area (Å²) in [6.07, 6.45) is 0.521. The minimum Gasteiger partial charge on any atom is -0.496 e. The summed E-state index contributed by atoms with van der Waals surface area (Å²) in [5, 5.41) is 8.20. The third-order valence-electron chi connectivity index (χ3n) is 4.46. The summed E-state index contributed by atoms with van der Waals surface area (Å²) in [7, 11) is 1.51. The van der Waals surface area contributed by atoms with Crippen LogP contribution >= 0.6 is 0 Å². The van der Waals surface area contributed by atoms with Crippen LogP contribution in [0.15, 0.2) is 18.2 Å². The van der Waals surface area contributed by atoms with Gasteiger partial charge in [0.1, 0.15) is 11.8 Å². The number of piperazine rings is 1. The fraction of sp³-hybridized carbons (Fsp3) is 0.471. The minimum atomic E-state index is -0.706. The van der Waals surface area contributed by atoms with Crippen LogP contribution in [0.4, 0.5) is 5.69 Å². The number of anilines is 1. The van der Waals surface area contributed by atoms with E-state index in [4.69, 9.17) is 4.74 Å². The van der Waals surface area contributed by atoms with Gasteiger partial charge in [-0.3, -0.25) is 19.7 Å². The lowest BCUT2D eigenvalue weighted by Crippen LogP contribution is -2.52. The van der Waals surface area contributed by atoms with Crippen LogP contribution in [-0.2, 0) is 9.59 Å². The van der Waals surface area contributed by atoms with Crippen LogP contribution in [0.25, 0.3) is 0 Å². The molecule has 2 heterocycles. The molecule has 0 radical (unpaired) electrons. The van der Waals surface area contributed by atoms with Crippen LogP contribution in [0.1, 0.15) is 23.2 Å². The largest absolute Gasteiger partial charge is 0.496 e. The van der Waals surface area contributed by atoms with Gasteiger partial charge in [0.2, 0.25) is 11.8 Å². The van der Waals surface area contributed by atoms with Gasteiger partial charge in [-0.1, -0.05) is 0 Å². The van der Waals surface area contributed by atoms with E-state index in [0.717, 1.165) is 31.9 Å². The number of ether oxygens (including phenoxy) is 1. The zero-order chi connectivity index (χ0) is 17.8. The van der Waals surface area contributed by atoms with Gasteiger partial charge < -0.3 is 20.3 Å². The Morgan fingerprint density at radius 1 is 1.28 bits per heavy atom. The minimum absolute atomic E-state index is 0.218. The normalized spacial score (nSPS) is 20.8. The van der Waals surface area contributed by atoms with Gasteiger partial charge in [-0.2, -0.15) is 0 Å². The number of piperidine rings is 1. The SMILES string of the molecule is COc1cc(N2CCNCC2)ccc1C(=O)NC1CCC(=O)NC1=O. The Kier molecular flexibility index (Phi) is 5.18. The Morgan fingerprint density at radius 2 is 2.04 bits per heavy atom. The van der Waals surface area contributed by atoms with Gasteiger partial charge in [0.05, 0.1) is 12.7 Å². The van der Waals surface area contributed by atoms with Crippen molar-refractivity contribution in [1.29, 1.82) is 0 Å². The van der Waals surface area contributed by atoms with E-state index in [-0.39, 0.29) is 12.3 Å². The van der Waals surface area contributed by atoms with Crippen molar-refractivity contribution in [3.63, 3.8) is 0 Å². The summed E-state index contributed by atoms with van der Waals surface area (Å²) in [6, 6.07) is 4.72. The highest BCUT2D eigenvalue weighted by molar-refractivity contribution is 6.04. The van der Waals surface area contributed by atoms with Crippen molar-refractivity contribution in [2.24, 2.45) is 0 Å². The van der Waals surface area contributed by atoms with Crippen LogP contribution in [0.5, 0.6) is 5.75 Å². The summed E-state index contributed by atoms with van der Waals surface area (Å²) in [5.74, 6) is -0.714. The number of hydrogen-bond donors (Lipinski definition) is 3. The number of carbonyl (C=O) groups is 3. The summed E-state index contributed by atoms with van der Waals surface area (Å²) < 4.78 is 5.37. The topological polar surface area (TPSA) is 99.8 Å². The molecule has 3 amide bonds. The first-order valence-corrected chi connectivity index (χ1v) is 8.37. The molecule has 2 aliphatic rings.